The summed E-state index contributed by atoms with van der Waals surface area (Å²) >= 11 is 0. The van der Waals surface area contributed by atoms with Gasteiger partial charge in [-0.3, -0.25) is 9.59 Å². The molecule has 4 rings (SSSR count). The van der Waals surface area contributed by atoms with E-state index in [1.165, 1.54) is 24.0 Å². The molecule has 0 aliphatic carbocycles. The first kappa shape index (κ1) is 26.0. The summed E-state index contributed by atoms with van der Waals surface area (Å²) in [5.41, 5.74) is 3.68. The van der Waals surface area contributed by atoms with Gasteiger partial charge in [-0.15, -0.1) is 0 Å². The van der Waals surface area contributed by atoms with Crippen LogP contribution in [0.2, 0.25) is 0 Å². The van der Waals surface area contributed by atoms with Gasteiger partial charge in [0.05, 0.1) is 6.26 Å². The van der Waals surface area contributed by atoms with Crippen LogP contribution in [0.4, 0.5) is 17.1 Å². The Balaban J connectivity index is 1.35. The van der Waals surface area contributed by atoms with Crippen molar-refractivity contribution >= 4 is 39.8 Å². The van der Waals surface area contributed by atoms with Gasteiger partial charge in [-0.05, 0) is 72.5 Å². The minimum Gasteiger partial charge on any atom is -0.482 e. The summed E-state index contributed by atoms with van der Waals surface area (Å²) in [5, 5.41) is 9.03. The highest BCUT2D eigenvalue weighted by atomic mass is 16.5. The first-order chi connectivity index (χ1) is 18.4. The van der Waals surface area contributed by atoms with Crippen molar-refractivity contribution in [1.29, 1.82) is 0 Å². The molecule has 3 N–H and O–H groups in total. The van der Waals surface area contributed by atoms with Crippen LogP contribution in [0.1, 0.15) is 21.5 Å². The van der Waals surface area contributed by atoms with Crippen molar-refractivity contribution < 1.29 is 18.7 Å². The minimum atomic E-state index is -0.770. The maximum absolute atomic E-state index is 12.8. The van der Waals surface area contributed by atoms with E-state index in [4.69, 9.17) is 9.15 Å². The Bertz CT molecular complexity index is 1520. The predicted molar refractivity (Wildman–Crippen MR) is 149 cm³/mol. The van der Waals surface area contributed by atoms with Gasteiger partial charge in [0.15, 0.2) is 6.73 Å². The average molecular weight is 510 g/mol. The summed E-state index contributed by atoms with van der Waals surface area (Å²) in [7, 11) is 0. The van der Waals surface area contributed by atoms with Crippen molar-refractivity contribution in [3.63, 3.8) is 0 Å². The number of carbonyl (C=O) groups excluding carboxylic acids is 2. The average Bonchev–Trinajstić information content (AvgIpc) is 2.93. The molecule has 8 nitrogen and oxygen atoms in total. The van der Waals surface area contributed by atoms with E-state index in [1.807, 2.05) is 24.3 Å². The van der Waals surface area contributed by atoms with E-state index < -0.39 is 11.5 Å². The second-order valence-electron chi connectivity index (χ2n) is 8.40. The fourth-order valence-electron chi connectivity index (χ4n) is 3.76. The Morgan fingerprint density at radius 3 is 2.08 bits per heavy atom. The zero-order valence-corrected chi connectivity index (χ0v) is 20.7. The first-order valence-corrected chi connectivity index (χ1v) is 11.9. The lowest BCUT2D eigenvalue weighted by Crippen LogP contribution is -2.20. The summed E-state index contributed by atoms with van der Waals surface area (Å²) in [6.45, 7) is 7.28. The molecule has 4 aromatic rings. The second kappa shape index (κ2) is 12.2. The van der Waals surface area contributed by atoms with Gasteiger partial charge in [0.2, 0.25) is 5.91 Å². The maximum Gasteiger partial charge on any atom is 0.349 e. The van der Waals surface area contributed by atoms with E-state index in [-0.39, 0.29) is 17.1 Å². The molecule has 0 spiro atoms. The van der Waals surface area contributed by atoms with Gasteiger partial charge in [0.1, 0.15) is 11.1 Å². The SMILES string of the molecule is C=COCNc1ccc(CCc2ccc(NC(=O)c3cc4ccc(NC(=O)C=C)cc4oc3=O)cc2)cc1. The van der Waals surface area contributed by atoms with Crippen molar-refractivity contribution in [2.24, 2.45) is 0 Å². The third-order valence-electron chi connectivity index (χ3n) is 5.78. The van der Waals surface area contributed by atoms with Crippen molar-refractivity contribution in [1.82, 2.24) is 0 Å². The van der Waals surface area contributed by atoms with Gasteiger partial charge < -0.3 is 25.1 Å². The number of hydrogen-bond acceptors (Lipinski definition) is 6. The molecule has 3 aromatic carbocycles. The van der Waals surface area contributed by atoms with Gasteiger partial charge in [0.25, 0.3) is 5.91 Å². The summed E-state index contributed by atoms with van der Waals surface area (Å²) in [4.78, 5) is 36.7. The molecule has 38 heavy (non-hydrogen) atoms. The van der Waals surface area contributed by atoms with Crippen LogP contribution >= 0.6 is 0 Å². The zero-order chi connectivity index (χ0) is 26.9. The van der Waals surface area contributed by atoms with Crippen LogP contribution in [0.25, 0.3) is 11.0 Å². The van der Waals surface area contributed by atoms with Crippen LogP contribution in [0.5, 0.6) is 0 Å². The smallest absolute Gasteiger partial charge is 0.349 e. The molecule has 0 aliphatic rings. The molecular weight excluding hydrogens is 482 g/mol. The Kier molecular flexibility index (Phi) is 8.35. The molecule has 192 valence electrons. The summed E-state index contributed by atoms with van der Waals surface area (Å²) in [6, 6.07) is 21.9. The third-order valence-corrected chi connectivity index (χ3v) is 5.78. The van der Waals surface area contributed by atoms with E-state index in [1.54, 1.807) is 24.3 Å². The molecular formula is C30H27N3O5. The van der Waals surface area contributed by atoms with Gasteiger partial charge in [-0.25, -0.2) is 4.79 Å². The number of nitrogens with one attached hydrogen (secondary N) is 3. The van der Waals surface area contributed by atoms with Gasteiger partial charge in [0, 0.05) is 28.5 Å². The lowest BCUT2D eigenvalue weighted by atomic mass is 10.0. The topological polar surface area (TPSA) is 110 Å². The standard InChI is InChI=1S/C30H27N3O5/c1-3-28(34)32-25-16-11-22-17-26(30(36)38-27(22)18-25)29(35)33-24-14-9-21(10-15-24)6-5-20-7-12-23(13-8-20)31-19-37-4-2/h3-4,7-18,31H,1-2,5-6,19H2,(H,32,34)(H,33,35). The van der Waals surface area contributed by atoms with Crippen LogP contribution in [-0.2, 0) is 22.4 Å². The number of fused-ring (bicyclic) bond motifs is 1. The molecule has 8 heteroatoms. The normalized spacial score (nSPS) is 10.4. The highest BCUT2D eigenvalue weighted by Crippen LogP contribution is 2.20. The predicted octanol–water partition coefficient (Wildman–Crippen LogP) is 5.48. The monoisotopic (exact) mass is 509 g/mol. The van der Waals surface area contributed by atoms with Crippen LogP contribution in [0.3, 0.4) is 0 Å². The van der Waals surface area contributed by atoms with Crippen LogP contribution in [0, 0.1) is 0 Å². The van der Waals surface area contributed by atoms with Crippen LogP contribution < -0.4 is 21.6 Å². The van der Waals surface area contributed by atoms with Crippen LogP contribution in [-0.4, -0.2) is 18.5 Å². The van der Waals surface area contributed by atoms with Crippen molar-refractivity contribution in [3.8, 4) is 0 Å². The number of amides is 2. The number of carbonyl (C=O) groups is 2. The van der Waals surface area contributed by atoms with Gasteiger partial charge in [-0.2, -0.15) is 0 Å². The Labute approximate surface area is 219 Å². The highest BCUT2D eigenvalue weighted by Gasteiger charge is 2.15. The summed E-state index contributed by atoms with van der Waals surface area (Å²) in [6.07, 6.45) is 4.24. The molecule has 0 aliphatic heterocycles. The number of anilines is 3. The van der Waals surface area contributed by atoms with E-state index in [9.17, 15) is 14.4 Å². The minimum absolute atomic E-state index is 0.113. The molecule has 0 saturated carbocycles. The molecule has 2 amide bonds. The molecule has 0 radical (unpaired) electrons. The Morgan fingerprint density at radius 2 is 1.45 bits per heavy atom. The number of hydrogen-bond donors (Lipinski definition) is 3. The fourth-order valence-corrected chi connectivity index (χ4v) is 3.76. The van der Waals surface area contributed by atoms with E-state index in [0.29, 0.717) is 23.5 Å². The van der Waals surface area contributed by atoms with E-state index in [2.05, 4.69) is 41.2 Å². The van der Waals surface area contributed by atoms with Gasteiger partial charge in [-0.1, -0.05) is 37.4 Å². The lowest BCUT2D eigenvalue weighted by molar-refractivity contribution is -0.111. The lowest BCUT2D eigenvalue weighted by Gasteiger charge is -2.09. The van der Waals surface area contributed by atoms with Crippen LogP contribution in [0.15, 0.2) is 108 Å². The molecule has 1 aromatic heterocycles. The number of ether oxygens (including phenoxy) is 1. The van der Waals surface area contributed by atoms with Gasteiger partial charge >= 0.3 is 5.63 Å². The summed E-state index contributed by atoms with van der Waals surface area (Å²) in [5.74, 6) is -0.948. The molecule has 0 atom stereocenters. The van der Waals surface area contributed by atoms with E-state index in [0.717, 1.165) is 30.2 Å². The van der Waals surface area contributed by atoms with Crippen molar-refractivity contribution in [2.75, 3.05) is 22.7 Å². The molecule has 1 heterocycles. The molecule has 0 unspecified atom stereocenters. The fraction of sp³-hybridized carbons (Fsp3) is 0.100. The zero-order valence-electron chi connectivity index (χ0n) is 20.7. The Hall–Kier alpha value is -5.11. The van der Waals surface area contributed by atoms with Crippen molar-refractivity contribution in [2.45, 2.75) is 12.8 Å². The third kappa shape index (κ3) is 6.76. The first-order valence-electron chi connectivity index (χ1n) is 11.9. The Morgan fingerprint density at radius 1 is 0.816 bits per heavy atom. The molecule has 0 saturated heterocycles. The second-order valence-corrected chi connectivity index (χ2v) is 8.40. The maximum atomic E-state index is 12.8. The van der Waals surface area contributed by atoms with Crippen molar-refractivity contribution in [3.05, 3.63) is 125 Å². The number of aryl methyl sites for hydroxylation is 2. The number of benzene rings is 3. The highest BCUT2D eigenvalue weighted by molar-refractivity contribution is 6.06. The molecule has 0 fully saturated rings. The number of rotatable bonds is 11. The quantitative estimate of drug-likeness (QED) is 0.0812. The van der Waals surface area contributed by atoms with E-state index >= 15 is 0 Å². The largest absolute Gasteiger partial charge is 0.482 e. The summed E-state index contributed by atoms with van der Waals surface area (Å²) < 4.78 is 10.4. The molecule has 0 bridgehead atoms.